The van der Waals surface area contributed by atoms with Crippen molar-refractivity contribution in [1.82, 2.24) is 0 Å². The van der Waals surface area contributed by atoms with Crippen molar-refractivity contribution in [3.05, 3.63) is 49.7 Å². The number of carbonyl (C=O) groups is 1. The molecule has 7 heteroatoms. The number of nitrogens with zero attached hydrogens (tertiary/aromatic N) is 1. The Hall–Kier alpha value is -2.41. The summed E-state index contributed by atoms with van der Waals surface area (Å²) >= 11 is 1.30. The summed E-state index contributed by atoms with van der Waals surface area (Å²) in [6.45, 7) is 3.77. The molecular formula is C13H12N2O4S. The summed E-state index contributed by atoms with van der Waals surface area (Å²) in [7, 11) is 0. The number of hydrogen-bond donors (Lipinski definition) is 2. The van der Waals surface area contributed by atoms with Crippen LogP contribution in [-0.4, -0.2) is 15.9 Å². The Kier molecular flexibility index (Phi) is 3.71. The van der Waals surface area contributed by atoms with Crippen LogP contribution in [0.3, 0.4) is 0 Å². The highest BCUT2D eigenvalue weighted by atomic mass is 32.1. The monoisotopic (exact) mass is 292 g/mol. The molecule has 1 heterocycles. The predicted molar refractivity (Wildman–Crippen MR) is 76.5 cm³/mol. The number of thiophene rings is 1. The highest BCUT2D eigenvalue weighted by Gasteiger charge is 2.21. The van der Waals surface area contributed by atoms with Crippen LogP contribution in [0.15, 0.2) is 24.3 Å². The van der Waals surface area contributed by atoms with Gasteiger partial charge in [0.15, 0.2) is 5.69 Å². The number of anilines is 1. The summed E-state index contributed by atoms with van der Waals surface area (Å²) in [5, 5.41) is 23.0. The molecule has 0 saturated heterocycles. The van der Waals surface area contributed by atoms with E-state index in [1.807, 2.05) is 13.8 Å². The first-order chi connectivity index (χ1) is 9.40. The van der Waals surface area contributed by atoms with Crippen LogP contribution in [0.4, 0.5) is 11.4 Å². The average molecular weight is 292 g/mol. The SMILES string of the molecule is Cc1cc(C(=O)Nc2c(O)cccc2[N+](=O)[O-])sc1C. The van der Waals surface area contributed by atoms with Gasteiger partial charge in [0.1, 0.15) is 5.75 Å². The fourth-order valence-corrected chi connectivity index (χ4v) is 2.60. The van der Waals surface area contributed by atoms with Gasteiger partial charge in [-0.2, -0.15) is 0 Å². The number of aryl methyl sites for hydroxylation is 2. The average Bonchev–Trinajstić information content (AvgIpc) is 2.72. The van der Waals surface area contributed by atoms with E-state index in [0.717, 1.165) is 10.4 Å². The molecule has 1 aromatic carbocycles. The van der Waals surface area contributed by atoms with Crippen LogP contribution in [0.1, 0.15) is 20.1 Å². The number of phenols is 1. The Morgan fingerprint density at radius 2 is 2.10 bits per heavy atom. The first-order valence-corrected chi connectivity index (χ1v) is 6.56. The number of nitrogens with one attached hydrogen (secondary N) is 1. The first-order valence-electron chi connectivity index (χ1n) is 5.75. The fourth-order valence-electron chi connectivity index (χ4n) is 1.67. The zero-order chi connectivity index (χ0) is 14.9. The van der Waals surface area contributed by atoms with Crippen molar-refractivity contribution in [2.24, 2.45) is 0 Å². The van der Waals surface area contributed by atoms with Gasteiger partial charge in [0.05, 0.1) is 9.80 Å². The van der Waals surface area contributed by atoms with Crippen LogP contribution in [0.5, 0.6) is 5.75 Å². The number of carbonyl (C=O) groups excluding carboxylic acids is 1. The van der Waals surface area contributed by atoms with Gasteiger partial charge in [-0.1, -0.05) is 6.07 Å². The highest BCUT2D eigenvalue weighted by molar-refractivity contribution is 7.14. The van der Waals surface area contributed by atoms with Gasteiger partial charge in [-0.15, -0.1) is 11.3 Å². The van der Waals surface area contributed by atoms with E-state index in [9.17, 15) is 20.0 Å². The molecule has 0 aliphatic carbocycles. The number of aromatic hydroxyl groups is 1. The maximum atomic E-state index is 12.1. The van der Waals surface area contributed by atoms with Gasteiger partial charge in [0.25, 0.3) is 11.6 Å². The molecule has 0 bridgehead atoms. The molecule has 0 aliphatic heterocycles. The molecule has 6 nitrogen and oxygen atoms in total. The number of rotatable bonds is 3. The Morgan fingerprint density at radius 3 is 2.65 bits per heavy atom. The van der Waals surface area contributed by atoms with Gasteiger partial charge in [-0.25, -0.2) is 0 Å². The van der Waals surface area contributed by atoms with Crippen LogP contribution in [0.2, 0.25) is 0 Å². The summed E-state index contributed by atoms with van der Waals surface area (Å²) in [6.07, 6.45) is 0. The van der Waals surface area contributed by atoms with Gasteiger partial charge in [-0.05, 0) is 31.5 Å². The molecule has 1 aromatic heterocycles. The zero-order valence-corrected chi connectivity index (χ0v) is 11.7. The van der Waals surface area contributed by atoms with Gasteiger partial charge in [0, 0.05) is 10.9 Å². The lowest BCUT2D eigenvalue weighted by Gasteiger charge is -2.06. The predicted octanol–water partition coefficient (Wildman–Crippen LogP) is 3.23. The van der Waals surface area contributed by atoms with Crippen molar-refractivity contribution in [3.63, 3.8) is 0 Å². The molecule has 2 N–H and O–H groups in total. The molecule has 0 unspecified atom stereocenters. The Balaban J connectivity index is 2.35. The second-order valence-electron chi connectivity index (χ2n) is 4.23. The lowest BCUT2D eigenvalue weighted by atomic mass is 10.2. The van der Waals surface area contributed by atoms with Crippen LogP contribution in [-0.2, 0) is 0 Å². The minimum Gasteiger partial charge on any atom is -0.505 e. The van der Waals surface area contributed by atoms with E-state index >= 15 is 0 Å². The second kappa shape index (κ2) is 5.30. The largest absolute Gasteiger partial charge is 0.505 e. The van der Waals surface area contributed by atoms with E-state index in [1.165, 1.54) is 29.5 Å². The van der Waals surface area contributed by atoms with Crippen LogP contribution in [0.25, 0.3) is 0 Å². The molecule has 1 amide bonds. The van der Waals surface area contributed by atoms with Crippen LogP contribution < -0.4 is 5.32 Å². The maximum absolute atomic E-state index is 12.1. The first kappa shape index (κ1) is 14.0. The summed E-state index contributed by atoms with van der Waals surface area (Å²) in [5.74, 6) is -0.812. The minimum absolute atomic E-state index is 0.189. The Bertz CT molecular complexity index is 674. The molecule has 0 fully saturated rings. The molecule has 0 aliphatic rings. The minimum atomic E-state index is -0.653. The summed E-state index contributed by atoms with van der Waals surface area (Å²) in [4.78, 5) is 23.8. The number of nitro groups is 1. The fraction of sp³-hybridized carbons (Fsp3) is 0.154. The van der Waals surface area contributed by atoms with Crippen molar-refractivity contribution in [3.8, 4) is 5.75 Å². The van der Waals surface area contributed by atoms with Gasteiger partial charge >= 0.3 is 0 Å². The van der Waals surface area contributed by atoms with Crippen molar-refractivity contribution >= 4 is 28.6 Å². The Morgan fingerprint density at radius 1 is 1.40 bits per heavy atom. The number of nitro benzene ring substituents is 1. The number of benzene rings is 1. The van der Waals surface area contributed by atoms with E-state index in [1.54, 1.807) is 6.07 Å². The summed E-state index contributed by atoms with van der Waals surface area (Å²) < 4.78 is 0. The van der Waals surface area contributed by atoms with Gasteiger partial charge in [0.2, 0.25) is 0 Å². The molecule has 0 saturated carbocycles. The molecule has 0 atom stereocenters. The van der Waals surface area contributed by atoms with E-state index in [0.29, 0.717) is 4.88 Å². The molecule has 20 heavy (non-hydrogen) atoms. The molecular weight excluding hydrogens is 280 g/mol. The summed E-state index contributed by atoms with van der Waals surface area (Å²) in [6, 6.07) is 5.57. The van der Waals surface area contributed by atoms with Gasteiger partial charge < -0.3 is 10.4 Å². The van der Waals surface area contributed by atoms with Crippen molar-refractivity contribution in [2.75, 3.05) is 5.32 Å². The third-order valence-corrected chi connectivity index (χ3v) is 4.00. The normalized spacial score (nSPS) is 10.3. The van der Waals surface area contributed by atoms with E-state index in [4.69, 9.17) is 0 Å². The smallest absolute Gasteiger partial charge is 0.296 e. The van der Waals surface area contributed by atoms with Crippen molar-refractivity contribution in [1.29, 1.82) is 0 Å². The standard InChI is InChI=1S/C13H12N2O4S/c1-7-6-11(20-8(7)2)13(17)14-12-9(15(18)19)4-3-5-10(12)16/h3-6,16H,1-2H3,(H,14,17). The quantitative estimate of drug-likeness (QED) is 0.516. The lowest BCUT2D eigenvalue weighted by molar-refractivity contribution is -0.384. The summed E-state index contributed by atoms with van der Waals surface area (Å²) in [5.41, 5.74) is 0.446. The topological polar surface area (TPSA) is 92.5 Å². The van der Waals surface area contributed by atoms with Gasteiger partial charge in [-0.3, -0.25) is 14.9 Å². The van der Waals surface area contributed by atoms with Crippen molar-refractivity contribution in [2.45, 2.75) is 13.8 Å². The lowest BCUT2D eigenvalue weighted by Crippen LogP contribution is -2.11. The second-order valence-corrected chi connectivity index (χ2v) is 5.49. The third kappa shape index (κ3) is 2.62. The maximum Gasteiger partial charge on any atom is 0.296 e. The Labute approximate surface area is 118 Å². The number of phenolic OH excluding ortho intramolecular Hbond substituents is 1. The van der Waals surface area contributed by atoms with Crippen LogP contribution >= 0.6 is 11.3 Å². The van der Waals surface area contributed by atoms with E-state index in [-0.39, 0.29) is 17.1 Å². The molecule has 2 aromatic rings. The molecule has 104 valence electrons. The van der Waals surface area contributed by atoms with Crippen molar-refractivity contribution < 1.29 is 14.8 Å². The van der Waals surface area contributed by atoms with E-state index < -0.39 is 10.8 Å². The number of amides is 1. The number of hydrogen-bond acceptors (Lipinski definition) is 5. The zero-order valence-electron chi connectivity index (χ0n) is 10.8. The van der Waals surface area contributed by atoms with E-state index in [2.05, 4.69) is 5.32 Å². The van der Waals surface area contributed by atoms with Crippen LogP contribution in [0, 0.1) is 24.0 Å². The molecule has 2 rings (SSSR count). The highest BCUT2D eigenvalue weighted by Crippen LogP contribution is 2.34. The third-order valence-electron chi connectivity index (χ3n) is 2.85. The molecule has 0 radical (unpaired) electrons. The number of para-hydroxylation sites is 1. The molecule has 0 spiro atoms.